The summed E-state index contributed by atoms with van der Waals surface area (Å²) < 4.78 is 18.6. The van der Waals surface area contributed by atoms with Crippen molar-refractivity contribution in [3.05, 3.63) is 65.6 Å². The minimum absolute atomic E-state index is 0.264. The van der Waals surface area contributed by atoms with Crippen LogP contribution < -0.4 is 15.4 Å². The van der Waals surface area contributed by atoms with E-state index in [2.05, 4.69) is 37.7 Å². The van der Waals surface area contributed by atoms with Crippen LogP contribution >= 0.6 is 0 Å². The maximum atomic E-state index is 13.1. The number of hydrogen-bond donors (Lipinski definition) is 3. The van der Waals surface area contributed by atoms with Gasteiger partial charge in [-0.3, -0.25) is 5.10 Å². The molecule has 0 atom stereocenters. The fraction of sp³-hybridized carbons (Fsp3) is 0.190. The van der Waals surface area contributed by atoms with E-state index in [4.69, 9.17) is 4.74 Å². The van der Waals surface area contributed by atoms with Crippen molar-refractivity contribution in [3.8, 4) is 5.75 Å². The number of anilines is 3. The van der Waals surface area contributed by atoms with Crippen molar-refractivity contribution in [2.45, 2.75) is 19.9 Å². The molecule has 0 unspecified atom stereocenters. The number of nitrogens with one attached hydrogen (secondary N) is 3. The van der Waals surface area contributed by atoms with E-state index in [0.717, 1.165) is 28.6 Å². The first-order valence-corrected chi connectivity index (χ1v) is 9.30. The molecule has 7 nitrogen and oxygen atoms in total. The van der Waals surface area contributed by atoms with Gasteiger partial charge in [-0.05, 0) is 36.2 Å². The van der Waals surface area contributed by atoms with Gasteiger partial charge in [0.25, 0.3) is 0 Å². The van der Waals surface area contributed by atoms with Gasteiger partial charge >= 0.3 is 0 Å². The number of H-pyrrole nitrogens is 1. The molecule has 0 aliphatic carbocycles. The number of hydrogen-bond acceptors (Lipinski definition) is 6. The molecule has 8 heteroatoms. The van der Waals surface area contributed by atoms with E-state index in [0.29, 0.717) is 29.9 Å². The standard InChI is InChI=1S/C21H21FN6O/c1-3-15-11-18(28-27-15)25-20-19-16(5-4-6-17(19)29-2)24-21(26-20)23-12-13-7-9-14(22)10-8-13/h4-11H,3,12H2,1-2H3,(H3,23,24,25,26,27,28). The van der Waals surface area contributed by atoms with Crippen LogP contribution in [0.25, 0.3) is 10.9 Å². The SMILES string of the molecule is CCc1cc(Nc2nc(NCc3ccc(F)cc3)nc3cccc(OC)c23)n[nH]1. The average Bonchev–Trinajstić information content (AvgIpc) is 3.20. The fourth-order valence-corrected chi connectivity index (χ4v) is 3.00. The molecule has 2 heterocycles. The number of aromatic nitrogens is 4. The third kappa shape index (κ3) is 4.11. The lowest BCUT2D eigenvalue weighted by Gasteiger charge is -2.13. The highest BCUT2D eigenvalue weighted by atomic mass is 19.1. The van der Waals surface area contributed by atoms with Crippen LogP contribution in [0.2, 0.25) is 0 Å². The quantitative estimate of drug-likeness (QED) is 0.432. The molecule has 3 N–H and O–H groups in total. The summed E-state index contributed by atoms with van der Waals surface area (Å²) in [6.07, 6.45) is 0.854. The maximum Gasteiger partial charge on any atom is 0.225 e. The van der Waals surface area contributed by atoms with E-state index >= 15 is 0 Å². The average molecular weight is 392 g/mol. The molecule has 0 fully saturated rings. The molecule has 0 spiro atoms. The van der Waals surface area contributed by atoms with Crippen LogP contribution in [0.1, 0.15) is 18.2 Å². The predicted molar refractivity (Wildman–Crippen MR) is 111 cm³/mol. The van der Waals surface area contributed by atoms with Crippen LogP contribution in [0, 0.1) is 5.82 Å². The smallest absolute Gasteiger partial charge is 0.225 e. The van der Waals surface area contributed by atoms with Gasteiger partial charge in [-0.1, -0.05) is 25.1 Å². The van der Waals surface area contributed by atoms with Gasteiger partial charge in [0.15, 0.2) is 5.82 Å². The molecular weight excluding hydrogens is 371 g/mol. The number of aromatic amines is 1. The summed E-state index contributed by atoms with van der Waals surface area (Å²) in [6.45, 7) is 2.52. The van der Waals surface area contributed by atoms with E-state index in [-0.39, 0.29) is 5.82 Å². The van der Waals surface area contributed by atoms with Crippen LogP contribution in [0.15, 0.2) is 48.5 Å². The topological polar surface area (TPSA) is 87.8 Å². The highest BCUT2D eigenvalue weighted by molar-refractivity contribution is 5.96. The van der Waals surface area contributed by atoms with Gasteiger partial charge in [-0.15, -0.1) is 0 Å². The Hall–Kier alpha value is -3.68. The first-order valence-electron chi connectivity index (χ1n) is 9.30. The van der Waals surface area contributed by atoms with E-state index in [1.807, 2.05) is 24.3 Å². The fourth-order valence-electron chi connectivity index (χ4n) is 3.00. The Balaban J connectivity index is 1.69. The molecule has 2 aromatic carbocycles. The van der Waals surface area contributed by atoms with Crippen LogP contribution in [0.3, 0.4) is 0 Å². The van der Waals surface area contributed by atoms with Gasteiger partial charge in [0.1, 0.15) is 17.4 Å². The van der Waals surface area contributed by atoms with E-state index < -0.39 is 0 Å². The Morgan fingerprint density at radius 1 is 1.10 bits per heavy atom. The zero-order chi connectivity index (χ0) is 20.2. The molecule has 148 valence electrons. The monoisotopic (exact) mass is 392 g/mol. The number of nitrogens with zero attached hydrogens (tertiary/aromatic N) is 3. The minimum Gasteiger partial charge on any atom is -0.496 e. The van der Waals surface area contributed by atoms with Crippen molar-refractivity contribution in [2.75, 3.05) is 17.7 Å². The Morgan fingerprint density at radius 2 is 1.93 bits per heavy atom. The van der Waals surface area contributed by atoms with Crippen molar-refractivity contribution in [1.82, 2.24) is 20.2 Å². The normalized spacial score (nSPS) is 10.9. The molecule has 0 saturated heterocycles. The lowest BCUT2D eigenvalue weighted by Crippen LogP contribution is -2.07. The first kappa shape index (κ1) is 18.7. The summed E-state index contributed by atoms with van der Waals surface area (Å²) in [7, 11) is 1.61. The highest BCUT2D eigenvalue weighted by Gasteiger charge is 2.14. The van der Waals surface area contributed by atoms with Crippen molar-refractivity contribution < 1.29 is 9.13 Å². The molecular formula is C21H21FN6O. The van der Waals surface area contributed by atoms with Crippen LogP contribution in [-0.4, -0.2) is 27.3 Å². The second-order valence-corrected chi connectivity index (χ2v) is 6.49. The Labute approximate surface area is 167 Å². The summed E-state index contributed by atoms with van der Waals surface area (Å²) >= 11 is 0. The van der Waals surface area contributed by atoms with Crippen molar-refractivity contribution in [2.24, 2.45) is 0 Å². The molecule has 4 aromatic rings. The zero-order valence-corrected chi connectivity index (χ0v) is 16.2. The highest BCUT2D eigenvalue weighted by Crippen LogP contribution is 2.32. The summed E-state index contributed by atoms with van der Waals surface area (Å²) in [4.78, 5) is 9.23. The van der Waals surface area contributed by atoms with Crippen LogP contribution in [-0.2, 0) is 13.0 Å². The number of ether oxygens (including phenoxy) is 1. The van der Waals surface area contributed by atoms with Crippen LogP contribution in [0.4, 0.5) is 22.0 Å². The zero-order valence-electron chi connectivity index (χ0n) is 16.2. The number of aryl methyl sites for hydroxylation is 1. The van der Waals surface area contributed by atoms with E-state index in [9.17, 15) is 4.39 Å². The molecule has 0 bridgehead atoms. The molecule has 2 aromatic heterocycles. The molecule has 0 aliphatic rings. The van der Waals surface area contributed by atoms with Gasteiger partial charge in [-0.25, -0.2) is 9.37 Å². The second-order valence-electron chi connectivity index (χ2n) is 6.49. The van der Waals surface area contributed by atoms with Crippen molar-refractivity contribution in [1.29, 1.82) is 0 Å². The van der Waals surface area contributed by atoms with Gasteiger partial charge in [0.2, 0.25) is 5.95 Å². The van der Waals surface area contributed by atoms with Crippen LogP contribution in [0.5, 0.6) is 5.75 Å². The summed E-state index contributed by atoms with van der Waals surface area (Å²) in [6, 6.07) is 13.9. The second kappa shape index (κ2) is 8.14. The van der Waals surface area contributed by atoms with Crippen molar-refractivity contribution >= 4 is 28.5 Å². The lowest BCUT2D eigenvalue weighted by molar-refractivity contribution is 0.420. The molecule has 0 radical (unpaired) electrons. The number of benzene rings is 2. The molecule has 29 heavy (non-hydrogen) atoms. The number of rotatable bonds is 7. The third-order valence-electron chi connectivity index (χ3n) is 4.53. The lowest BCUT2D eigenvalue weighted by atomic mass is 10.2. The van der Waals surface area contributed by atoms with Crippen molar-refractivity contribution in [3.63, 3.8) is 0 Å². The maximum absolute atomic E-state index is 13.1. The van der Waals surface area contributed by atoms with Gasteiger partial charge in [-0.2, -0.15) is 10.1 Å². The molecule has 0 aliphatic heterocycles. The third-order valence-corrected chi connectivity index (χ3v) is 4.53. The van der Waals surface area contributed by atoms with Gasteiger partial charge < -0.3 is 15.4 Å². The summed E-state index contributed by atoms with van der Waals surface area (Å²) in [5.41, 5.74) is 2.68. The number of halogens is 1. The molecule has 4 rings (SSSR count). The van der Waals surface area contributed by atoms with E-state index in [1.54, 1.807) is 19.2 Å². The largest absolute Gasteiger partial charge is 0.496 e. The molecule has 0 amide bonds. The number of methoxy groups -OCH3 is 1. The Morgan fingerprint density at radius 3 is 2.66 bits per heavy atom. The van der Waals surface area contributed by atoms with E-state index in [1.165, 1.54) is 12.1 Å². The predicted octanol–water partition coefficient (Wildman–Crippen LogP) is 4.42. The minimum atomic E-state index is -0.264. The number of fused-ring (bicyclic) bond motifs is 1. The Bertz CT molecular complexity index is 1130. The Kier molecular flexibility index (Phi) is 5.24. The first-order chi connectivity index (χ1) is 14.2. The van der Waals surface area contributed by atoms with Gasteiger partial charge in [0.05, 0.1) is 18.0 Å². The summed E-state index contributed by atoms with van der Waals surface area (Å²) in [5.74, 6) is 2.10. The van der Waals surface area contributed by atoms with Gasteiger partial charge in [0, 0.05) is 18.3 Å². The summed E-state index contributed by atoms with van der Waals surface area (Å²) in [5, 5.41) is 14.5. The molecule has 0 saturated carbocycles.